The molecule has 0 radical (unpaired) electrons. The largest absolute Gasteiger partial charge is 0.506 e. The van der Waals surface area contributed by atoms with Gasteiger partial charge in [0.1, 0.15) is 17.9 Å². The van der Waals surface area contributed by atoms with E-state index >= 15 is 0 Å². The number of carbonyl (C=O) groups is 1. The molecule has 0 amide bonds. The van der Waals surface area contributed by atoms with Crippen molar-refractivity contribution in [3.63, 3.8) is 0 Å². The molecule has 0 spiro atoms. The van der Waals surface area contributed by atoms with E-state index in [9.17, 15) is 9.90 Å². The van der Waals surface area contributed by atoms with E-state index in [-0.39, 0.29) is 17.9 Å². The lowest BCUT2D eigenvalue weighted by molar-refractivity contribution is 0.0464. The number of nitrogens with zero attached hydrogens (tertiary/aromatic N) is 1. The number of rotatable bonds is 4. The van der Waals surface area contributed by atoms with E-state index in [4.69, 9.17) is 4.74 Å². The average molecular weight is 356 g/mol. The van der Waals surface area contributed by atoms with Crippen LogP contribution in [0.1, 0.15) is 33.5 Å². The quantitative estimate of drug-likeness (QED) is 0.846. The van der Waals surface area contributed by atoms with Gasteiger partial charge >= 0.3 is 5.97 Å². The summed E-state index contributed by atoms with van der Waals surface area (Å²) in [5, 5.41) is 12.8. The monoisotopic (exact) mass is 355 g/mol. The van der Waals surface area contributed by atoms with Gasteiger partial charge in [-0.1, -0.05) is 6.92 Å². The van der Waals surface area contributed by atoms with Crippen LogP contribution in [0.15, 0.2) is 22.0 Å². The highest BCUT2D eigenvalue weighted by Crippen LogP contribution is 2.30. The van der Waals surface area contributed by atoms with Gasteiger partial charge in [0, 0.05) is 5.38 Å². The Bertz CT molecular complexity index is 639. The smallest absolute Gasteiger partial charge is 0.342 e. The van der Waals surface area contributed by atoms with Crippen LogP contribution in [0.3, 0.4) is 0 Å². The number of hydrogen-bond donors (Lipinski definition) is 1. The van der Waals surface area contributed by atoms with Crippen molar-refractivity contribution in [2.45, 2.75) is 26.9 Å². The van der Waals surface area contributed by atoms with Crippen molar-refractivity contribution < 1.29 is 14.6 Å². The lowest BCUT2D eigenvalue weighted by Crippen LogP contribution is -2.06. The van der Waals surface area contributed by atoms with Gasteiger partial charge in [0.05, 0.1) is 15.2 Å². The highest BCUT2D eigenvalue weighted by Gasteiger charge is 2.16. The summed E-state index contributed by atoms with van der Waals surface area (Å²) in [5.74, 6) is -0.661. The van der Waals surface area contributed by atoms with Crippen molar-refractivity contribution in [1.82, 2.24) is 4.98 Å². The molecule has 20 heavy (non-hydrogen) atoms. The number of aryl methyl sites for hydroxylation is 2. The molecule has 1 heterocycles. The average Bonchev–Trinajstić information content (AvgIpc) is 2.88. The lowest BCUT2D eigenvalue weighted by Gasteiger charge is -2.07. The molecule has 0 fully saturated rings. The fraction of sp³-hybridized carbons (Fsp3) is 0.286. The number of phenols is 1. The predicted molar refractivity (Wildman–Crippen MR) is 81.2 cm³/mol. The number of aromatic hydroxyl groups is 1. The molecule has 2 aromatic rings. The molecular weight excluding hydrogens is 342 g/mol. The molecule has 106 valence electrons. The zero-order chi connectivity index (χ0) is 14.7. The Labute approximate surface area is 129 Å². The number of esters is 1. The van der Waals surface area contributed by atoms with Crippen LogP contribution in [0.4, 0.5) is 0 Å². The van der Waals surface area contributed by atoms with Crippen LogP contribution >= 0.6 is 27.3 Å². The Morgan fingerprint density at radius 3 is 2.90 bits per heavy atom. The fourth-order valence-corrected chi connectivity index (χ4v) is 2.99. The van der Waals surface area contributed by atoms with Gasteiger partial charge in [-0.25, -0.2) is 9.78 Å². The van der Waals surface area contributed by atoms with Crippen LogP contribution in [0.2, 0.25) is 0 Å². The van der Waals surface area contributed by atoms with Gasteiger partial charge < -0.3 is 9.84 Å². The Balaban J connectivity index is 2.09. The molecule has 0 aliphatic rings. The van der Waals surface area contributed by atoms with Crippen molar-refractivity contribution in [2.24, 2.45) is 0 Å². The van der Waals surface area contributed by atoms with Crippen molar-refractivity contribution in [3.8, 4) is 5.75 Å². The van der Waals surface area contributed by atoms with Gasteiger partial charge in [-0.15, -0.1) is 11.3 Å². The first kappa shape index (κ1) is 15.0. The minimum absolute atomic E-state index is 0.104. The van der Waals surface area contributed by atoms with Gasteiger partial charge in [0.25, 0.3) is 0 Å². The van der Waals surface area contributed by atoms with Crippen LogP contribution in [-0.2, 0) is 17.8 Å². The summed E-state index contributed by atoms with van der Waals surface area (Å²) in [5.41, 5.74) is 1.75. The normalized spacial score (nSPS) is 10.6. The zero-order valence-electron chi connectivity index (χ0n) is 11.1. The van der Waals surface area contributed by atoms with Crippen molar-refractivity contribution >= 4 is 33.2 Å². The Morgan fingerprint density at radius 2 is 2.25 bits per heavy atom. The van der Waals surface area contributed by atoms with E-state index in [1.165, 1.54) is 0 Å². The molecule has 2 rings (SSSR count). The van der Waals surface area contributed by atoms with Crippen LogP contribution in [0, 0.1) is 6.92 Å². The third-order valence-corrected chi connectivity index (χ3v) is 4.33. The second-order valence-corrected chi connectivity index (χ2v) is 6.10. The second kappa shape index (κ2) is 6.37. The SMILES string of the molecule is CCc1nc(COC(=O)c2cc(C)cc(Br)c2O)cs1. The van der Waals surface area contributed by atoms with E-state index in [1.807, 2.05) is 19.2 Å². The summed E-state index contributed by atoms with van der Waals surface area (Å²) >= 11 is 4.75. The molecular formula is C14H14BrNO3S. The standard InChI is InChI=1S/C14H14BrNO3S/c1-3-12-16-9(7-20-12)6-19-14(18)10-4-8(2)5-11(15)13(10)17/h4-5,7,17H,3,6H2,1-2H3. The number of benzene rings is 1. The molecule has 0 aliphatic heterocycles. The number of carbonyl (C=O) groups excluding carboxylic acids is 1. The highest BCUT2D eigenvalue weighted by atomic mass is 79.9. The molecule has 4 nitrogen and oxygen atoms in total. The molecule has 0 bridgehead atoms. The zero-order valence-corrected chi connectivity index (χ0v) is 13.5. The van der Waals surface area contributed by atoms with Crippen molar-refractivity contribution in [3.05, 3.63) is 43.8 Å². The van der Waals surface area contributed by atoms with E-state index in [0.29, 0.717) is 4.47 Å². The number of ether oxygens (including phenoxy) is 1. The van der Waals surface area contributed by atoms with Crippen LogP contribution in [0.25, 0.3) is 0 Å². The summed E-state index contributed by atoms with van der Waals surface area (Å²) < 4.78 is 5.67. The van der Waals surface area contributed by atoms with Crippen LogP contribution in [-0.4, -0.2) is 16.1 Å². The van der Waals surface area contributed by atoms with E-state index < -0.39 is 5.97 Å². The van der Waals surface area contributed by atoms with E-state index in [2.05, 4.69) is 20.9 Å². The summed E-state index contributed by atoms with van der Waals surface area (Å²) in [6, 6.07) is 3.33. The predicted octanol–water partition coefficient (Wildman–Crippen LogP) is 3.84. The lowest BCUT2D eigenvalue weighted by atomic mass is 10.1. The van der Waals surface area contributed by atoms with Crippen LogP contribution in [0.5, 0.6) is 5.75 Å². The first-order valence-corrected chi connectivity index (χ1v) is 7.78. The fourth-order valence-electron chi connectivity index (χ4n) is 1.69. The van der Waals surface area contributed by atoms with Crippen molar-refractivity contribution in [1.29, 1.82) is 0 Å². The maximum atomic E-state index is 12.0. The number of halogens is 1. The Morgan fingerprint density at radius 1 is 1.50 bits per heavy atom. The molecule has 1 aromatic heterocycles. The maximum Gasteiger partial charge on any atom is 0.342 e. The van der Waals surface area contributed by atoms with Gasteiger partial charge in [0.15, 0.2) is 0 Å². The van der Waals surface area contributed by atoms with Gasteiger partial charge in [-0.3, -0.25) is 0 Å². The van der Waals surface area contributed by atoms with Gasteiger partial charge in [0.2, 0.25) is 0 Å². The number of thiazole rings is 1. The molecule has 0 aliphatic carbocycles. The maximum absolute atomic E-state index is 12.0. The highest BCUT2D eigenvalue weighted by molar-refractivity contribution is 9.10. The summed E-state index contributed by atoms with van der Waals surface area (Å²) in [6.45, 7) is 3.98. The summed E-state index contributed by atoms with van der Waals surface area (Å²) in [7, 11) is 0. The third-order valence-electron chi connectivity index (χ3n) is 2.68. The molecule has 0 saturated carbocycles. The first-order valence-electron chi connectivity index (χ1n) is 6.10. The van der Waals surface area contributed by atoms with E-state index in [0.717, 1.165) is 22.7 Å². The number of aromatic nitrogens is 1. The first-order chi connectivity index (χ1) is 9.51. The van der Waals surface area contributed by atoms with Crippen LogP contribution < -0.4 is 0 Å². The van der Waals surface area contributed by atoms with Gasteiger partial charge in [-0.05, 0) is 47.0 Å². The Kier molecular flexibility index (Phi) is 4.77. The molecule has 0 unspecified atom stereocenters. The minimum atomic E-state index is -0.557. The minimum Gasteiger partial charge on any atom is -0.506 e. The Hall–Kier alpha value is -1.40. The van der Waals surface area contributed by atoms with Gasteiger partial charge in [-0.2, -0.15) is 0 Å². The summed E-state index contributed by atoms with van der Waals surface area (Å²) in [4.78, 5) is 16.3. The van der Waals surface area contributed by atoms with Crippen molar-refractivity contribution in [2.75, 3.05) is 0 Å². The molecule has 6 heteroatoms. The third kappa shape index (κ3) is 3.37. The molecule has 1 aromatic carbocycles. The second-order valence-electron chi connectivity index (χ2n) is 4.31. The topological polar surface area (TPSA) is 59.4 Å². The summed E-state index contributed by atoms with van der Waals surface area (Å²) in [6.07, 6.45) is 0.865. The molecule has 0 atom stereocenters. The molecule has 1 N–H and O–H groups in total. The number of hydrogen-bond acceptors (Lipinski definition) is 5. The van der Waals surface area contributed by atoms with E-state index in [1.54, 1.807) is 23.5 Å². The molecule has 0 saturated heterocycles. The number of phenolic OH excluding ortho intramolecular Hbond substituents is 1.